The number of carbonyl (C=O) groups is 2. The zero-order valence-corrected chi connectivity index (χ0v) is 15.3. The largest absolute Gasteiger partial charge is 0.461 e. The number of likely N-dealkylation sites (N-methyl/N-ethyl adjacent to an activating group) is 1. The minimum absolute atomic E-state index is 0.140. The molecule has 6 nitrogen and oxygen atoms in total. The molecule has 12 heteroatoms. The number of anilines is 1. The lowest BCUT2D eigenvalue weighted by molar-refractivity contribution is -0.253. The predicted octanol–water partition coefficient (Wildman–Crippen LogP) is 3.59. The molecule has 1 unspecified atom stereocenters. The highest BCUT2D eigenvalue weighted by Crippen LogP contribution is 2.39. The number of nitrogens with zero attached hydrogens (tertiary/aromatic N) is 2. The monoisotopic (exact) mass is 419 g/mol. The molecule has 1 atom stereocenters. The molecule has 0 aliphatic rings. The number of nitrogens with two attached hydrogens (primary N) is 1. The first kappa shape index (κ1) is 22.1. The van der Waals surface area contributed by atoms with Crippen LogP contribution in [0, 0.1) is 0 Å². The number of halogens is 6. The Bertz CT molecular complexity index is 706. The van der Waals surface area contributed by atoms with E-state index in [-0.39, 0.29) is 10.7 Å². The van der Waals surface area contributed by atoms with Crippen LogP contribution in [0.2, 0.25) is 10.0 Å². The number of rotatable bonds is 6. The van der Waals surface area contributed by atoms with Crippen LogP contribution in [0.25, 0.3) is 0 Å². The Balaban J connectivity index is 3.22. The molecule has 0 fully saturated rings. The van der Waals surface area contributed by atoms with Gasteiger partial charge >= 0.3 is 18.6 Å². The van der Waals surface area contributed by atoms with Gasteiger partial charge in [0.25, 0.3) is 0 Å². The molecular formula is C14H15Cl2F4N3O3. The molecule has 0 heterocycles. The molecule has 1 rings (SSSR count). The van der Waals surface area contributed by atoms with Gasteiger partial charge in [0.15, 0.2) is 0 Å². The Morgan fingerprint density at radius 2 is 1.73 bits per heavy atom. The third kappa shape index (κ3) is 4.82. The van der Waals surface area contributed by atoms with E-state index in [0.717, 1.165) is 21.9 Å². The van der Waals surface area contributed by atoms with E-state index in [1.807, 2.05) is 0 Å². The summed E-state index contributed by atoms with van der Waals surface area (Å²) in [5.41, 5.74) is 4.95. The Hall–Kier alpha value is -1.94. The van der Waals surface area contributed by atoms with Crippen LogP contribution in [0.5, 0.6) is 5.75 Å². The molecule has 0 bridgehead atoms. The lowest BCUT2D eigenvalue weighted by atomic mass is 10.2. The first-order valence-electron chi connectivity index (χ1n) is 6.93. The predicted molar refractivity (Wildman–Crippen MR) is 88.3 cm³/mol. The summed E-state index contributed by atoms with van der Waals surface area (Å²) >= 11 is 11.6. The second-order valence-corrected chi connectivity index (χ2v) is 6.04. The summed E-state index contributed by atoms with van der Waals surface area (Å²) in [5, 5.41) is -0.600. The van der Waals surface area contributed by atoms with Gasteiger partial charge in [0.05, 0.1) is 15.7 Å². The van der Waals surface area contributed by atoms with Crippen LogP contribution in [-0.4, -0.2) is 49.5 Å². The van der Waals surface area contributed by atoms with Gasteiger partial charge in [-0.1, -0.05) is 23.2 Å². The lowest BCUT2D eigenvalue weighted by Gasteiger charge is -2.29. The van der Waals surface area contributed by atoms with Crippen LogP contribution in [-0.2, 0) is 4.79 Å². The molecule has 0 aliphatic carbocycles. The normalized spacial score (nSPS) is 12.7. The maximum Gasteiger partial charge on any atom is 0.461 e. The third-order valence-corrected chi connectivity index (χ3v) is 4.04. The summed E-state index contributed by atoms with van der Waals surface area (Å²) in [6.45, 7) is 1.37. The van der Waals surface area contributed by atoms with Crippen molar-refractivity contribution in [3.63, 3.8) is 0 Å². The number of amides is 3. The van der Waals surface area contributed by atoms with Gasteiger partial charge in [-0.15, -0.1) is 0 Å². The zero-order valence-electron chi connectivity index (χ0n) is 13.8. The molecule has 0 radical (unpaired) electrons. The molecule has 2 N–H and O–H groups in total. The van der Waals surface area contributed by atoms with E-state index in [9.17, 15) is 27.2 Å². The van der Waals surface area contributed by atoms with Crippen LogP contribution in [0.3, 0.4) is 0 Å². The minimum atomic E-state index is -4.80. The first-order valence-corrected chi connectivity index (χ1v) is 7.69. The summed E-state index contributed by atoms with van der Waals surface area (Å²) in [7, 11) is 2.50. The molecule has 1 aromatic carbocycles. The smallest absolute Gasteiger partial charge is 0.427 e. The average Bonchev–Trinajstić information content (AvgIpc) is 2.54. The van der Waals surface area contributed by atoms with Crippen molar-refractivity contribution in [2.24, 2.45) is 5.73 Å². The molecule has 3 amide bonds. The highest BCUT2D eigenvalue weighted by atomic mass is 35.5. The summed E-state index contributed by atoms with van der Waals surface area (Å²) < 4.78 is 54.8. The summed E-state index contributed by atoms with van der Waals surface area (Å²) in [4.78, 5) is 25.4. The highest BCUT2D eigenvalue weighted by Gasteiger charge is 2.44. The molecule has 146 valence electrons. The van der Waals surface area contributed by atoms with Crippen molar-refractivity contribution in [3.8, 4) is 5.75 Å². The molecule has 0 saturated carbocycles. The van der Waals surface area contributed by atoms with E-state index in [1.54, 1.807) is 0 Å². The fourth-order valence-corrected chi connectivity index (χ4v) is 2.29. The van der Waals surface area contributed by atoms with E-state index in [2.05, 4.69) is 4.74 Å². The molecule has 26 heavy (non-hydrogen) atoms. The van der Waals surface area contributed by atoms with Crippen molar-refractivity contribution in [1.29, 1.82) is 0 Å². The van der Waals surface area contributed by atoms with Crippen LogP contribution in [0.4, 0.5) is 28.0 Å². The van der Waals surface area contributed by atoms with Crippen molar-refractivity contribution in [2.45, 2.75) is 25.5 Å². The third-order valence-electron chi connectivity index (χ3n) is 3.44. The quantitative estimate of drug-likeness (QED) is 0.715. The van der Waals surface area contributed by atoms with Gasteiger partial charge < -0.3 is 15.4 Å². The Morgan fingerprint density at radius 1 is 1.19 bits per heavy atom. The number of ether oxygens (including phenoxy) is 1. The Labute approximate surface area is 156 Å². The van der Waals surface area contributed by atoms with Crippen LogP contribution in [0.1, 0.15) is 6.92 Å². The SMILES string of the molecule is CC(C(N)=O)N(C)C(=O)N(C)c1cc(OC(F)(F)C(F)F)c(Cl)cc1Cl. The maximum absolute atomic E-state index is 13.1. The standard InChI is InChI=1S/C14H15Cl2F4N3O3/c1-6(11(21)24)22(2)13(25)23(3)9-5-10(8(16)4-7(9)15)26-14(19,20)12(17)18/h4-6,12H,1-3H3,(H2,21,24). The summed E-state index contributed by atoms with van der Waals surface area (Å²) in [5.74, 6) is -1.58. The van der Waals surface area contributed by atoms with Gasteiger partial charge in [-0.3, -0.25) is 9.69 Å². The number of primary amides is 1. The topological polar surface area (TPSA) is 75.9 Å². The van der Waals surface area contributed by atoms with E-state index in [4.69, 9.17) is 28.9 Å². The van der Waals surface area contributed by atoms with E-state index in [1.165, 1.54) is 21.0 Å². The van der Waals surface area contributed by atoms with Gasteiger partial charge in [0, 0.05) is 20.2 Å². The number of urea groups is 1. The van der Waals surface area contributed by atoms with E-state index in [0.29, 0.717) is 0 Å². The molecule has 0 spiro atoms. The van der Waals surface area contributed by atoms with Gasteiger partial charge in [0.1, 0.15) is 11.8 Å². The summed E-state index contributed by atoms with van der Waals surface area (Å²) in [6.07, 6.45) is -8.89. The van der Waals surface area contributed by atoms with Crippen LogP contribution in [0.15, 0.2) is 12.1 Å². The molecule has 0 saturated heterocycles. The summed E-state index contributed by atoms with van der Waals surface area (Å²) in [6, 6.07) is 0.0140. The van der Waals surface area contributed by atoms with Gasteiger partial charge in [0.2, 0.25) is 5.91 Å². The average molecular weight is 420 g/mol. The van der Waals surface area contributed by atoms with Crippen LogP contribution >= 0.6 is 23.2 Å². The number of carbonyl (C=O) groups excluding carboxylic acids is 2. The first-order chi connectivity index (χ1) is 11.8. The lowest BCUT2D eigenvalue weighted by Crippen LogP contribution is -2.48. The second-order valence-electron chi connectivity index (χ2n) is 5.23. The minimum Gasteiger partial charge on any atom is -0.427 e. The second kappa shape index (κ2) is 8.17. The number of hydrogen-bond acceptors (Lipinski definition) is 3. The fraction of sp³-hybridized carbons (Fsp3) is 0.429. The number of alkyl halides is 4. The van der Waals surface area contributed by atoms with Gasteiger partial charge in [-0.25, -0.2) is 4.79 Å². The maximum atomic E-state index is 13.1. The van der Waals surface area contributed by atoms with Crippen molar-refractivity contribution in [1.82, 2.24) is 4.90 Å². The Kier molecular flexibility index (Phi) is 6.95. The fourth-order valence-electron chi connectivity index (χ4n) is 1.74. The number of benzene rings is 1. The van der Waals surface area contributed by atoms with Crippen LogP contribution < -0.4 is 15.4 Å². The number of hydrogen-bond donors (Lipinski definition) is 1. The van der Waals surface area contributed by atoms with Gasteiger partial charge in [-0.2, -0.15) is 17.6 Å². The van der Waals surface area contributed by atoms with E-state index < -0.39 is 41.3 Å². The molecular weight excluding hydrogens is 405 g/mol. The molecule has 0 aromatic heterocycles. The molecule has 0 aliphatic heterocycles. The van der Waals surface area contributed by atoms with Crippen molar-refractivity contribution < 1.29 is 31.9 Å². The zero-order chi connectivity index (χ0) is 20.4. The van der Waals surface area contributed by atoms with Crippen molar-refractivity contribution in [3.05, 3.63) is 22.2 Å². The van der Waals surface area contributed by atoms with Crippen molar-refractivity contribution >= 4 is 40.8 Å². The Morgan fingerprint density at radius 3 is 2.19 bits per heavy atom. The van der Waals surface area contributed by atoms with E-state index >= 15 is 0 Å². The molecule has 1 aromatic rings. The van der Waals surface area contributed by atoms with Gasteiger partial charge in [-0.05, 0) is 13.0 Å². The van der Waals surface area contributed by atoms with Crippen molar-refractivity contribution in [2.75, 3.05) is 19.0 Å². The highest BCUT2D eigenvalue weighted by molar-refractivity contribution is 6.37.